The molecule has 134 valence electrons. The fourth-order valence-corrected chi connectivity index (χ4v) is 4.39. The zero-order chi connectivity index (χ0) is 17.9. The van der Waals surface area contributed by atoms with Gasteiger partial charge in [-0.25, -0.2) is 9.78 Å². The number of aryl methyl sites for hydroxylation is 2. The predicted octanol–water partition coefficient (Wildman–Crippen LogP) is 1.61. The molecule has 2 aromatic rings. The van der Waals surface area contributed by atoms with E-state index in [1.807, 2.05) is 6.92 Å². The van der Waals surface area contributed by atoms with Crippen LogP contribution in [0.5, 0.6) is 0 Å². The molecular weight excluding hydrogens is 340 g/mol. The van der Waals surface area contributed by atoms with Crippen LogP contribution in [0.25, 0.3) is 11.0 Å². The largest absolute Gasteiger partial charge is 0.383 e. The summed E-state index contributed by atoms with van der Waals surface area (Å²) in [7, 11) is 3.85. The van der Waals surface area contributed by atoms with Gasteiger partial charge in [0.05, 0.1) is 21.8 Å². The van der Waals surface area contributed by atoms with Gasteiger partial charge >= 0.3 is 5.69 Å². The number of piperazine rings is 1. The number of hydrogen-bond acceptors (Lipinski definition) is 6. The molecule has 1 saturated heterocycles. The normalized spacial score (nSPS) is 23.8. The number of hydrogen-bond donors (Lipinski definition) is 1. The van der Waals surface area contributed by atoms with Crippen molar-refractivity contribution in [1.82, 2.24) is 19.4 Å². The summed E-state index contributed by atoms with van der Waals surface area (Å²) in [6.45, 7) is 6.76. The quantitative estimate of drug-likeness (QED) is 0.768. The second kappa shape index (κ2) is 5.85. The number of nitrogens with one attached hydrogen (secondary N) is 1. The first kappa shape index (κ1) is 16.6. The number of nitrogens with zero attached hydrogens (tertiary/aromatic N) is 5. The fourth-order valence-electron chi connectivity index (χ4n) is 4.18. The second-order valence-corrected chi connectivity index (χ2v) is 7.59. The van der Waals surface area contributed by atoms with Crippen LogP contribution in [0.2, 0.25) is 5.02 Å². The maximum absolute atomic E-state index is 12.5. The number of fused-ring (bicyclic) bond motifs is 2. The number of halogens is 1. The third-order valence-corrected chi connectivity index (χ3v) is 5.77. The van der Waals surface area contributed by atoms with Gasteiger partial charge in [-0.1, -0.05) is 11.6 Å². The van der Waals surface area contributed by atoms with Crippen LogP contribution >= 0.6 is 11.6 Å². The molecule has 7 nitrogen and oxygen atoms in total. The molecule has 1 N–H and O–H groups in total. The molecule has 0 spiro atoms. The van der Waals surface area contributed by atoms with Crippen LogP contribution in [0.3, 0.4) is 0 Å². The van der Waals surface area contributed by atoms with Gasteiger partial charge in [0.25, 0.3) is 0 Å². The molecule has 4 heterocycles. The summed E-state index contributed by atoms with van der Waals surface area (Å²) in [5.41, 5.74) is 1.90. The summed E-state index contributed by atoms with van der Waals surface area (Å²) in [6, 6.07) is 0.565. The highest BCUT2D eigenvalue weighted by molar-refractivity contribution is 6.35. The summed E-state index contributed by atoms with van der Waals surface area (Å²) in [5.74, 6) is 0.709. The lowest BCUT2D eigenvalue weighted by Crippen LogP contribution is -2.58. The van der Waals surface area contributed by atoms with E-state index in [0.29, 0.717) is 28.2 Å². The summed E-state index contributed by atoms with van der Waals surface area (Å²) >= 11 is 6.56. The molecule has 8 heteroatoms. The molecular formula is C17H23ClN6O. The molecule has 25 heavy (non-hydrogen) atoms. The van der Waals surface area contributed by atoms with Crippen LogP contribution in [0.4, 0.5) is 11.5 Å². The number of likely N-dealkylation sites (N-methyl/N-ethyl adjacent to an activating group) is 1. The number of aromatic nitrogens is 3. The van der Waals surface area contributed by atoms with E-state index in [1.54, 1.807) is 7.05 Å². The van der Waals surface area contributed by atoms with Crippen molar-refractivity contribution in [2.45, 2.75) is 32.4 Å². The summed E-state index contributed by atoms with van der Waals surface area (Å²) in [4.78, 5) is 26.2. The Balaban J connectivity index is 2.08. The highest BCUT2D eigenvalue weighted by Gasteiger charge is 2.35. The molecule has 4 rings (SSSR count). The van der Waals surface area contributed by atoms with Gasteiger partial charge in [0.1, 0.15) is 11.5 Å². The monoisotopic (exact) mass is 362 g/mol. The van der Waals surface area contributed by atoms with Crippen LogP contribution in [0.15, 0.2) is 4.79 Å². The topological polar surface area (TPSA) is 66.3 Å². The van der Waals surface area contributed by atoms with E-state index in [9.17, 15) is 4.79 Å². The van der Waals surface area contributed by atoms with Crippen molar-refractivity contribution in [3.8, 4) is 0 Å². The van der Waals surface area contributed by atoms with Crippen molar-refractivity contribution >= 4 is 34.1 Å². The first-order chi connectivity index (χ1) is 11.9. The second-order valence-electron chi connectivity index (χ2n) is 7.21. The van der Waals surface area contributed by atoms with Gasteiger partial charge in [0.2, 0.25) is 0 Å². The van der Waals surface area contributed by atoms with E-state index in [4.69, 9.17) is 11.6 Å². The van der Waals surface area contributed by atoms with Crippen molar-refractivity contribution < 1.29 is 0 Å². The Bertz CT molecular complexity index is 910. The first-order valence-corrected chi connectivity index (χ1v) is 9.04. The Morgan fingerprint density at radius 3 is 2.76 bits per heavy atom. The predicted molar refractivity (Wildman–Crippen MR) is 101 cm³/mol. The zero-order valence-electron chi connectivity index (χ0n) is 15.0. The third kappa shape index (κ3) is 2.48. The lowest BCUT2D eigenvalue weighted by Gasteiger charge is -2.46. The molecule has 1 fully saturated rings. The molecule has 2 atom stereocenters. The van der Waals surface area contributed by atoms with E-state index in [1.165, 1.54) is 4.57 Å². The van der Waals surface area contributed by atoms with Gasteiger partial charge in [-0.15, -0.1) is 0 Å². The van der Waals surface area contributed by atoms with E-state index in [0.717, 1.165) is 37.1 Å². The van der Waals surface area contributed by atoms with Gasteiger partial charge in [0.15, 0.2) is 0 Å². The van der Waals surface area contributed by atoms with Crippen molar-refractivity contribution in [2.75, 3.05) is 36.9 Å². The van der Waals surface area contributed by atoms with Gasteiger partial charge < -0.3 is 15.1 Å². The Labute approximate surface area is 151 Å². The molecule has 2 unspecified atom stereocenters. The highest BCUT2D eigenvalue weighted by Crippen LogP contribution is 2.39. The highest BCUT2D eigenvalue weighted by atomic mass is 35.5. The third-order valence-electron chi connectivity index (χ3n) is 5.30. The molecule has 0 amide bonds. The Hall–Kier alpha value is -1.86. The average Bonchev–Trinajstić information content (AvgIpc) is 2.53. The number of pyridine rings is 1. The smallest absolute Gasteiger partial charge is 0.350 e. The van der Waals surface area contributed by atoms with Crippen molar-refractivity contribution in [3.05, 3.63) is 21.2 Å². The van der Waals surface area contributed by atoms with E-state index in [-0.39, 0.29) is 11.7 Å². The fraction of sp³-hybridized carbons (Fsp3) is 0.588. The lowest BCUT2D eigenvalue weighted by molar-refractivity contribution is 0.227. The molecule has 2 aliphatic rings. The molecule has 2 aromatic heterocycles. The first-order valence-electron chi connectivity index (χ1n) is 8.66. The van der Waals surface area contributed by atoms with E-state index in [2.05, 4.69) is 39.1 Å². The Morgan fingerprint density at radius 1 is 1.24 bits per heavy atom. The standard InChI is InChI=1S/C17H23ClN6O/c1-9-7-22(3)8-11-5-6-19-14-12-15(20-10(2)13(14)18)23(4)17(25)21-16(12)24(9)11/h9,11,19H,5-8H2,1-4H3. The summed E-state index contributed by atoms with van der Waals surface area (Å²) in [5, 5.41) is 4.93. The average molecular weight is 363 g/mol. The number of anilines is 2. The van der Waals surface area contributed by atoms with Crippen LogP contribution in [0, 0.1) is 6.92 Å². The van der Waals surface area contributed by atoms with E-state index >= 15 is 0 Å². The Morgan fingerprint density at radius 2 is 2.00 bits per heavy atom. The van der Waals surface area contributed by atoms with Gasteiger partial charge in [-0.2, -0.15) is 4.98 Å². The van der Waals surface area contributed by atoms with Crippen LogP contribution < -0.4 is 15.9 Å². The zero-order valence-corrected chi connectivity index (χ0v) is 15.8. The molecule has 0 aliphatic carbocycles. The summed E-state index contributed by atoms with van der Waals surface area (Å²) < 4.78 is 1.50. The lowest BCUT2D eigenvalue weighted by atomic mass is 10.0. The SMILES string of the molecule is Cc1nc2c3c(nc(=O)n2C)N2C(C)CN(C)CC2CCNc3c1Cl. The van der Waals surface area contributed by atoms with Gasteiger partial charge in [-0.05, 0) is 27.3 Å². The minimum Gasteiger partial charge on any atom is -0.383 e. The minimum absolute atomic E-state index is 0.262. The Kier molecular flexibility index (Phi) is 3.88. The molecule has 0 radical (unpaired) electrons. The van der Waals surface area contributed by atoms with Crippen molar-refractivity contribution in [1.29, 1.82) is 0 Å². The van der Waals surface area contributed by atoms with Crippen LogP contribution in [0.1, 0.15) is 19.0 Å². The minimum atomic E-state index is -0.284. The maximum Gasteiger partial charge on any atom is 0.350 e. The summed E-state index contributed by atoms with van der Waals surface area (Å²) in [6.07, 6.45) is 0.963. The molecule has 2 aliphatic heterocycles. The molecule has 0 saturated carbocycles. The molecule has 0 aromatic carbocycles. The van der Waals surface area contributed by atoms with Gasteiger partial charge in [-0.3, -0.25) is 4.57 Å². The number of rotatable bonds is 0. The van der Waals surface area contributed by atoms with Crippen LogP contribution in [-0.4, -0.2) is 58.2 Å². The van der Waals surface area contributed by atoms with Crippen molar-refractivity contribution in [3.63, 3.8) is 0 Å². The van der Waals surface area contributed by atoms with Crippen molar-refractivity contribution in [2.24, 2.45) is 7.05 Å². The molecule has 0 bridgehead atoms. The van der Waals surface area contributed by atoms with E-state index < -0.39 is 0 Å². The van der Waals surface area contributed by atoms with Gasteiger partial charge in [0, 0.05) is 38.8 Å². The van der Waals surface area contributed by atoms with Crippen LogP contribution in [-0.2, 0) is 7.05 Å². The maximum atomic E-state index is 12.5.